The van der Waals surface area contributed by atoms with Crippen LogP contribution in [-0.2, 0) is 6.54 Å². The molecule has 1 saturated heterocycles. The van der Waals surface area contributed by atoms with Crippen LogP contribution < -0.4 is 31.3 Å². The van der Waals surface area contributed by atoms with Gasteiger partial charge in [0.05, 0.1) is 12.8 Å². The van der Waals surface area contributed by atoms with Gasteiger partial charge in [0.2, 0.25) is 5.95 Å². The Morgan fingerprint density at radius 1 is 0.952 bits per heavy atom. The van der Waals surface area contributed by atoms with Crippen molar-refractivity contribution in [3.05, 3.63) is 95.7 Å². The molecule has 42 heavy (non-hydrogen) atoms. The van der Waals surface area contributed by atoms with Crippen molar-refractivity contribution in [1.29, 1.82) is 0 Å². The number of carbonyl (C=O) groups is 2. The molecule has 0 saturated carbocycles. The van der Waals surface area contributed by atoms with E-state index in [0.29, 0.717) is 29.2 Å². The smallest absolute Gasteiger partial charge is 0.254 e. The van der Waals surface area contributed by atoms with E-state index >= 15 is 0 Å². The monoisotopic (exact) mass is 566 g/mol. The van der Waals surface area contributed by atoms with Gasteiger partial charge in [-0.05, 0) is 49.0 Å². The molecule has 1 fully saturated rings. The van der Waals surface area contributed by atoms with Crippen LogP contribution in [0.1, 0.15) is 26.3 Å². The van der Waals surface area contributed by atoms with E-state index in [1.807, 2.05) is 48.5 Å². The van der Waals surface area contributed by atoms with Crippen molar-refractivity contribution < 1.29 is 14.3 Å². The van der Waals surface area contributed by atoms with Gasteiger partial charge >= 0.3 is 0 Å². The van der Waals surface area contributed by atoms with Crippen molar-refractivity contribution in [3.63, 3.8) is 0 Å². The standard InChI is InChI=1S/C31H34N8O3/c1-38-14-16-39(17-15-38)24-12-13-26(27(18-24)42-2)36-29-25(28(32)40)20-34-31(37-29)35-23-10-8-22(9-11-23)30(41)33-19-21-6-4-3-5-7-21/h3-13,18,20H,14-17,19H2,1-2H3,(H2,32,40)(H,33,41)(H2,34,35,36,37). The third-order valence-corrected chi connectivity index (χ3v) is 7.06. The van der Waals surface area contributed by atoms with Crippen LogP contribution in [0.15, 0.2) is 79.0 Å². The number of benzene rings is 3. The number of methoxy groups -OCH3 is 1. The SMILES string of the molecule is COc1cc(N2CCN(C)CC2)ccc1Nc1nc(Nc2ccc(C(=O)NCc3ccccc3)cc2)ncc1C(N)=O. The number of piperazine rings is 1. The van der Waals surface area contributed by atoms with Crippen molar-refractivity contribution in [2.24, 2.45) is 5.73 Å². The van der Waals surface area contributed by atoms with Gasteiger partial charge in [0.25, 0.3) is 11.8 Å². The van der Waals surface area contributed by atoms with Gasteiger partial charge < -0.3 is 36.2 Å². The van der Waals surface area contributed by atoms with Crippen molar-refractivity contribution in [2.75, 3.05) is 55.9 Å². The Bertz CT molecular complexity index is 1540. The van der Waals surface area contributed by atoms with Gasteiger partial charge in [0.1, 0.15) is 17.1 Å². The van der Waals surface area contributed by atoms with Crippen LogP contribution in [0.5, 0.6) is 5.75 Å². The lowest BCUT2D eigenvalue weighted by molar-refractivity contribution is 0.0949. The summed E-state index contributed by atoms with van der Waals surface area (Å²) in [4.78, 5) is 38.1. The lowest BCUT2D eigenvalue weighted by atomic mass is 10.2. The molecule has 1 aromatic heterocycles. The minimum atomic E-state index is -0.664. The summed E-state index contributed by atoms with van der Waals surface area (Å²) in [6.07, 6.45) is 1.37. The van der Waals surface area contributed by atoms with Gasteiger partial charge in [0.15, 0.2) is 0 Å². The number of aromatic nitrogens is 2. The molecule has 5 rings (SSSR count). The fraction of sp³-hybridized carbons (Fsp3) is 0.226. The largest absolute Gasteiger partial charge is 0.494 e. The summed E-state index contributed by atoms with van der Waals surface area (Å²) in [6.45, 7) is 4.28. The third kappa shape index (κ3) is 6.94. The summed E-state index contributed by atoms with van der Waals surface area (Å²) in [5.41, 5.74) is 9.66. The van der Waals surface area contributed by atoms with Crippen molar-refractivity contribution in [2.45, 2.75) is 6.54 Å². The quantitative estimate of drug-likeness (QED) is 0.226. The fourth-order valence-corrected chi connectivity index (χ4v) is 4.60. The molecule has 2 heterocycles. The van der Waals surface area contributed by atoms with Crippen molar-refractivity contribution in [3.8, 4) is 5.75 Å². The zero-order valence-corrected chi connectivity index (χ0v) is 23.6. The predicted octanol–water partition coefficient (Wildman–Crippen LogP) is 3.75. The zero-order chi connectivity index (χ0) is 29.5. The Kier molecular flexibility index (Phi) is 8.78. The molecule has 4 aromatic rings. The van der Waals surface area contributed by atoms with E-state index in [9.17, 15) is 9.59 Å². The number of nitrogens with one attached hydrogen (secondary N) is 3. The number of ether oxygens (including phenoxy) is 1. The first-order valence-electron chi connectivity index (χ1n) is 13.6. The second-order valence-electron chi connectivity index (χ2n) is 9.99. The Morgan fingerprint density at radius 2 is 1.69 bits per heavy atom. The van der Waals surface area contributed by atoms with E-state index in [1.165, 1.54) is 6.20 Å². The molecule has 0 atom stereocenters. The molecule has 5 N–H and O–H groups in total. The lowest BCUT2D eigenvalue weighted by Gasteiger charge is -2.34. The molecule has 11 heteroatoms. The first-order chi connectivity index (χ1) is 20.4. The highest BCUT2D eigenvalue weighted by atomic mass is 16.5. The predicted molar refractivity (Wildman–Crippen MR) is 164 cm³/mol. The molecule has 11 nitrogen and oxygen atoms in total. The van der Waals surface area contributed by atoms with Gasteiger partial charge in [-0.1, -0.05) is 30.3 Å². The number of carbonyl (C=O) groups excluding carboxylic acids is 2. The van der Waals surface area contributed by atoms with E-state index in [4.69, 9.17) is 10.5 Å². The summed E-state index contributed by atoms with van der Waals surface area (Å²) >= 11 is 0. The van der Waals surface area contributed by atoms with Crippen LogP contribution in [-0.4, -0.2) is 67.0 Å². The zero-order valence-electron chi connectivity index (χ0n) is 23.6. The molecule has 0 unspecified atom stereocenters. The Morgan fingerprint density at radius 3 is 2.38 bits per heavy atom. The van der Waals surface area contributed by atoms with Gasteiger partial charge in [-0.15, -0.1) is 0 Å². The maximum absolute atomic E-state index is 12.6. The van der Waals surface area contributed by atoms with Crippen LogP contribution in [0.3, 0.4) is 0 Å². The molecule has 216 valence electrons. The van der Waals surface area contributed by atoms with E-state index in [2.05, 4.69) is 42.8 Å². The number of amides is 2. The topological polar surface area (TPSA) is 138 Å². The molecule has 0 aliphatic carbocycles. The Hall–Kier alpha value is -5.16. The minimum absolute atomic E-state index is 0.135. The average molecular weight is 567 g/mol. The number of nitrogens with zero attached hydrogens (tertiary/aromatic N) is 4. The van der Waals surface area contributed by atoms with E-state index in [0.717, 1.165) is 37.4 Å². The molecule has 2 amide bonds. The number of hydrogen-bond donors (Lipinski definition) is 4. The number of anilines is 5. The third-order valence-electron chi connectivity index (χ3n) is 7.06. The first kappa shape index (κ1) is 28.4. The number of nitrogens with two attached hydrogens (primary N) is 1. The second kappa shape index (κ2) is 13.0. The summed E-state index contributed by atoms with van der Waals surface area (Å²) in [6, 6.07) is 22.5. The minimum Gasteiger partial charge on any atom is -0.494 e. The van der Waals surface area contributed by atoms with Crippen LogP contribution in [0.25, 0.3) is 0 Å². The van der Waals surface area contributed by atoms with E-state index in [-0.39, 0.29) is 23.2 Å². The van der Waals surface area contributed by atoms with Gasteiger partial charge in [0, 0.05) is 61.9 Å². The van der Waals surface area contributed by atoms with E-state index < -0.39 is 5.91 Å². The Balaban J connectivity index is 1.29. The average Bonchev–Trinajstić information content (AvgIpc) is 3.01. The number of hydrogen-bond acceptors (Lipinski definition) is 9. The molecular formula is C31H34N8O3. The molecule has 1 aliphatic rings. The molecular weight excluding hydrogens is 532 g/mol. The maximum atomic E-state index is 12.6. The lowest BCUT2D eigenvalue weighted by Crippen LogP contribution is -2.44. The van der Waals surface area contributed by atoms with Crippen LogP contribution in [0.4, 0.5) is 28.8 Å². The van der Waals surface area contributed by atoms with E-state index in [1.54, 1.807) is 31.4 Å². The Labute approximate surface area is 244 Å². The highest BCUT2D eigenvalue weighted by molar-refractivity contribution is 5.98. The van der Waals surface area contributed by atoms with Crippen molar-refractivity contribution >= 4 is 40.6 Å². The van der Waals surface area contributed by atoms with Crippen LogP contribution in [0, 0.1) is 0 Å². The number of likely N-dealkylation sites (N-methyl/N-ethyl adjacent to an activating group) is 1. The molecule has 0 bridgehead atoms. The van der Waals surface area contributed by atoms with Crippen molar-refractivity contribution in [1.82, 2.24) is 20.2 Å². The van der Waals surface area contributed by atoms with Gasteiger partial charge in [-0.3, -0.25) is 9.59 Å². The summed E-state index contributed by atoms with van der Waals surface area (Å²) < 4.78 is 5.66. The maximum Gasteiger partial charge on any atom is 0.254 e. The molecule has 0 radical (unpaired) electrons. The highest BCUT2D eigenvalue weighted by Crippen LogP contribution is 2.33. The normalized spacial score (nSPS) is 13.3. The number of rotatable bonds is 10. The molecule has 0 spiro atoms. The number of primary amides is 1. The first-order valence-corrected chi connectivity index (χ1v) is 13.6. The second-order valence-corrected chi connectivity index (χ2v) is 9.99. The molecule has 1 aliphatic heterocycles. The highest BCUT2D eigenvalue weighted by Gasteiger charge is 2.18. The molecule has 3 aromatic carbocycles. The van der Waals surface area contributed by atoms with Gasteiger partial charge in [-0.25, -0.2) is 4.98 Å². The summed E-state index contributed by atoms with van der Waals surface area (Å²) in [5.74, 6) is 0.255. The summed E-state index contributed by atoms with van der Waals surface area (Å²) in [5, 5.41) is 9.22. The fourth-order valence-electron chi connectivity index (χ4n) is 4.60. The summed E-state index contributed by atoms with van der Waals surface area (Å²) in [7, 11) is 3.72. The van der Waals surface area contributed by atoms with Crippen LogP contribution in [0.2, 0.25) is 0 Å². The van der Waals surface area contributed by atoms with Gasteiger partial charge in [-0.2, -0.15) is 4.98 Å². The van der Waals surface area contributed by atoms with Crippen LogP contribution >= 0.6 is 0 Å².